The van der Waals surface area contributed by atoms with E-state index in [9.17, 15) is 4.79 Å². The molecule has 0 saturated carbocycles. The molecule has 2 atom stereocenters. The van der Waals surface area contributed by atoms with E-state index < -0.39 is 6.04 Å². The van der Waals surface area contributed by atoms with Crippen LogP contribution in [0.2, 0.25) is 0 Å². The van der Waals surface area contributed by atoms with Crippen molar-refractivity contribution in [2.45, 2.75) is 25.4 Å². The topological polar surface area (TPSA) is 64.8 Å². The fourth-order valence-electron chi connectivity index (χ4n) is 3.29. The largest absolute Gasteiger partial charge is 0.486 e. The third-order valence-corrected chi connectivity index (χ3v) is 4.67. The fourth-order valence-corrected chi connectivity index (χ4v) is 3.29. The molecule has 0 aliphatic carbocycles. The lowest BCUT2D eigenvalue weighted by Crippen LogP contribution is -2.63. The molecule has 0 radical (unpaired) electrons. The number of nitrogens with two attached hydrogens (primary N) is 1. The van der Waals surface area contributed by atoms with Crippen molar-refractivity contribution in [3.63, 3.8) is 0 Å². The molecule has 0 unspecified atom stereocenters. The van der Waals surface area contributed by atoms with Crippen molar-refractivity contribution in [2.75, 3.05) is 18.1 Å². The number of hydrogen-bond acceptors (Lipinski definition) is 4. The van der Waals surface area contributed by atoms with Crippen LogP contribution in [0.1, 0.15) is 24.1 Å². The number of nitrogens with zero attached hydrogens (tertiary/aromatic N) is 1. The van der Waals surface area contributed by atoms with Crippen LogP contribution in [0.3, 0.4) is 0 Å². The highest BCUT2D eigenvalue weighted by Gasteiger charge is 2.46. The summed E-state index contributed by atoms with van der Waals surface area (Å²) in [6.07, 6.45) is 0.988. The predicted octanol–water partition coefficient (Wildman–Crippen LogP) is 2.44. The Labute approximate surface area is 141 Å². The zero-order valence-electron chi connectivity index (χ0n) is 13.6. The van der Waals surface area contributed by atoms with Crippen LogP contribution < -0.4 is 20.1 Å². The molecule has 4 rings (SSSR count). The molecule has 2 aliphatic rings. The summed E-state index contributed by atoms with van der Waals surface area (Å²) in [4.78, 5) is 14.1. The minimum atomic E-state index is -0.509. The van der Waals surface area contributed by atoms with Gasteiger partial charge in [0.05, 0.1) is 6.04 Å². The van der Waals surface area contributed by atoms with Crippen molar-refractivity contribution in [1.29, 1.82) is 0 Å². The first-order valence-electron chi connectivity index (χ1n) is 8.26. The molecule has 1 saturated heterocycles. The average Bonchev–Trinajstić information content (AvgIpc) is 2.65. The Morgan fingerprint density at radius 1 is 1.08 bits per heavy atom. The molecule has 2 heterocycles. The summed E-state index contributed by atoms with van der Waals surface area (Å²) in [7, 11) is 0. The molecule has 2 aromatic rings. The molecular weight excluding hydrogens is 304 g/mol. The van der Waals surface area contributed by atoms with Gasteiger partial charge >= 0.3 is 0 Å². The summed E-state index contributed by atoms with van der Waals surface area (Å²) in [5.74, 6) is 1.31. The van der Waals surface area contributed by atoms with Gasteiger partial charge in [0.25, 0.3) is 0 Å². The summed E-state index contributed by atoms with van der Waals surface area (Å²) >= 11 is 0. The quantitative estimate of drug-likeness (QED) is 0.881. The number of benzene rings is 2. The molecule has 2 aromatic carbocycles. The van der Waals surface area contributed by atoms with Crippen molar-refractivity contribution in [3.8, 4) is 11.5 Å². The highest BCUT2D eigenvalue weighted by atomic mass is 16.6. The van der Waals surface area contributed by atoms with E-state index >= 15 is 0 Å². The van der Waals surface area contributed by atoms with E-state index in [1.54, 1.807) is 4.90 Å². The summed E-state index contributed by atoms with van der Waals surface area (Å²) in [6.45, 7) is 3.19. The third kappa shape index (κ3) is 2.32. The van der Waals surface area contributed by atoms with Crippen LogP contribution in [-0.2, 0) is 11.2 Å². The highest BCUT2D eigenvalue weighted by Crippen LogP contribution is 2.42. The first-order chi connectivity index (χ1) is 11.7. The molecular formula is C19H20N2O3. The van der Waals surface area contributed by atoms with E-state index in [1.165, 1.54) is 5.56 Å². The Bertz CT molecular complexity index is 773. The molecule has 5 heteroatoms. The van der Waals surface area contributed by atoms with Gasteiger partial charge in [-0.2, -0.15) is 0 Å². The first-order valence-corrected chi connectivity index (χ1v) is 8.26. The van der Waals surface area contributed by atoms with Gasteiger partial charge in [-0.25, -0.2) is 0 Å². The number of β-lactam (4-membered cyclic amide) rings is 1. The van der Waals surface area contributed by atoms with Crippen LogP contribution in [0.15, 0.2) is 42.5 Å². The smallest absolute Gasteiger partial charge is 0.247 e. The van der Waals surface area contributed by atoms with E-state index in [2.05, 4.69) is 31.2 Å². The molecule has 1 amide bonds. The molecule has 1 fully saturated rings. The second-order valence-corrected chi connectivity index (χ2v) is 6.10. The number of fused-ring (bicyclic) bond motifs is 1. The molecule has 2 aliphatic heterocycles. The van der Waals surface area contributed by atoms with E-state index in [-0.39, 0.29) is 11.9 Å². The molecule has 124 valence electrons. The van der Waals surface area contributed by atoms with Gasteiger partial charge < -0.3 is 20.1 Å². The van der Waals surface area contributed by atoms with Crippen LogP contribution >= 0.6 is 0 Å². The molecule has 0 spiro atoms. The van der Waals surface area contributed by atoms with E-state index in [1.807, 2.05) is 18.2 Å². The maximum Gasteiger partial charge on any atom is 0.247 e. The molecule has 0 bridgehead atoms. The fraction of sp³-hybridized carbons (Fsp3) is 0.316. The minimum absolute atomic E-state index is 0.0729. The molecule has 24 heavy (non-hydrogen) atoms. The Balaban J connectivity index is 1.66. The van der Waals surface area contributed by atoms with Gasteiger partial charge in [0, 0.05) is 11.8 Å². The Hall–Kier alpha value is -2.53. The molecule has 0 aromatic heterocycles. The van der Waals surface area contributed by atoms with Gasteiger partial charge in [0.2, 0.25) is 5.91 Å². The number of amides is 1. The number of rotatable bonds is 3. The lowest BCUT2D eigenvalue weighted by molar-refractivity contribution is -0.126. The van der Waals surface area contributed by atoms with Crippen LogP contribution in [0.4, 0.5) is 5.69 Å². The number of carbonyl (C=O) groups is 1. The second-order valence-electron chi connectivity index (χ2n) is 6.10. The van der Waals surface area contributed by atoms with Crippen molar-refractivity contribution in [2.24, 2.45) is 5.73 Å². The summed E-state index contributed by atoms with van der Waals surface area (Å²) in [5.41, 5.74) is 9.19. The van der Waals surface area contributed by atoms with Gasteiger partial charge in [0.15, 0.2) is 11.5 Å². The van der Waals surface area contributed by atoms with E-state index in [4.69, 9.17) is 15.2 Å². The third-order valence-electron chi connectivity index (χ3n) is 4.67. The Morgan fingerprint density at radius 2 is 1.79 bits per heavy atom. The number of ether oxygens (including phenoxy) is 2. The number of anilines is 1. The lowest BCUT2D eigenvalue weighted by Gasteiger charge is -2.45. The maximum absolute atomic E-state index is 12.4. The summed E-state index contributed by atoms with van der Waals surface area (Å²) < 4.78 is 11.2. The van der Waals surface area contributed by atoms with Gasteiger partial charge in [0.1, 0.15) is 19.3 Å². The maximum atomic E-state index is 12.4. The van der Waals surface area contributed by atoms with Gasteiger partial charge in [-0.05, 0) is 29.7 Å². The van der Waals surface area contributed by atoms with Gasteiger partial charge in [-0.1, -0.05) is 31.2 Å². The van der Waals surface area contributed by atoms with E-state index in [0.717, 1.165) is 17.7 Å². The highest BCUT2D eigenvalue weighted by molar-refractivity contribution is 6.05. The Morgan fingerprint density at radius 3 is 2.50 bits per heavy atom. The van der Waals surface area contributed by atoms with E-state index in [0.29, 0.717) is 24.7 Å². The van der Waals surface area contributed by atoms with Crippen LogP contribution in [0.25, 0.3) is 0 Å². The summed E-state index contributed by atoms with van der Waals surface area (Å²) in [6, 6.07) is 13.2. The van der Waals surface area contributed by atoms with Crippen molar-refractivity contribution >= 4 is 11.6 Å². The standard InChI is InChI=1S/C19H20N2O3/c1-2-12-3-5-13(6-4-12)18-17(20)19(22)21(18)14-7-8-15-16(11-14)24-10-9-23-15/h3-8,11,17-18H,2,9-10,20H2,1H3/t17-,18-/m1/s1. The number of aryl methyl sites for hydroxylation is 1. The monoisotopic (exact) mass is 324 g/mol. The first kappa shape index (κ1) is 15.0. The zero-order valence-corrected chi connectivity index (χ0v) is 13.6. The predicted molar refractivity (Wildman–Crippen MR) is 91.5 cm³/mol. The minimum Gasteiger partial charge on any atom is -0.486 e. The number of hydrogen-bond donors (Lipinski definition) is 1. The molecule has 5 nitrogen and oxygen atoms in total. The Kier molecular flexibility index (Phi) is 3.65. The van der Waals surface area contributed by atoms with Crippen molar-refractivity contribution in [1.82, 2.24) is 0 Å². The number of carbonyl (C=O) groups excluding carboxylic acids is 1. The lowest BCUT2D eigenvalue weighted by atomic mass is 9.88. The molecule has 2 N–H and O–H groups in total. The van der Waals surface area contributed by atoms with Crippen molar-refractivity contribution < 1.29 is 14.3 Å². The van der Waals surface area contributed by atoms with Gasteiger partial charge in [-0.15, -0.1) is 0 Å². The normalized spacial score (nSPS) is 22.2. The zero-order chi connectivity index (χ0) is 16.7. The second kappa shape index (κ2) is 5.83. The van der Waals surface area contributed by atoms with Crippen LogP contribution in [0, 0.1) is 0 Å². The SMILES string of the molecule is CCc1ccc([C@@H]2[C@@H](N)C(=O)N2c2ccc3c(c2)OCCO3)cc1. The van der Waals surface area contributed by atoms with Crippen molar-refractivity contribution in [3.05, 3.63) is 53.6 Å². The van der Waals surface area contributed by atoms with Gasteiger partial charge in [-0.3, -0.25) is 4.79 Å². The van der Waals surface area contributed by atoms with Crippen LogP contribution in [-0.4, -0.2) is 25.2 Å². The summed E-state index contributed by atoms with van der Waals surface area (Å²) in [5, 5.41) is 0. The van der Waals surface area contributed by atoms with Crippen LogP contribution in [0.5, 0.6) is 11.5 Å². The average molecular weight is 324 g/mol.